The van der Waals surface area contributed by atoms with Crippen molar-refractivity contribution in [1.29, 1.82) is 5.26 Å². The first-order valence-corrected chi connectivity index (χ1v) is 7.02. The number of hydrogen-bond donors (Lipinski definition) is 0. The fourth-order valence-corrected chi connectivity index (χ4v) is 1.89. The van der Waals surface area contributed by atoms with Gasteiger partial charge in [-0.05, 0) is 47.5 Å². The summed E-state index contributed by atoms with van der Waals surface area (Å²) in [5.41, 5.74) is 1.42. The van der Waals surface area contributed by atoms with Crippen LogP contribution in [0.1, 0.15) is 11.1 Å². The second-order valence-electron chi connectivity index (χ2n) is 4.68. The number of ether oxygens (including phenoxy) is 2. The van der Waals surface area contributed by atoms with Crippen LogP contribution in [0.25, 0.3) is 12.2 Å². The summed E-state index contributed by atoms with van der Waals surface area (Å²) in [6.07, 6.45) is 5.73. The molecule has 0 fully saturated rings. The third-order valence-corrected chi connectivity index (χ3v) is 3.03. The van der Waals surface area contributed by atoms with Crippen LogP contribution < -0.4 is 9.47 Å². The van der Waals surface area contributed by atoms with Crippen molar-refractivity contribution in [2.24, 2.45) is 0 Å². The van der Waals surface area contributed by atoms with Crippen LogP contribution in [-0.4, -0.2) is 13.1 Å². The van der Waals surface area contributed by atoms with Crippen molar-refractivity contribution in [2.45, 2.75) is 0 Å². The van der Waals surface area contributed by atoms with Crippen LogP contribution in [0.5, 0.6) is 11.5 Å². The van der Waals surface area contributed by atoms with Gasteiger partial charge in [0, 0.05) is 12.2 Å². The Morgan fingerprint density at radius 3 is 2.46 bits per heavy atom. The number of halogens is 1. The van der Waals surface area contributed by atoms with Crippen molar-refractivity contribution in [3.8, 4) is 17.6 Å². The summed E-state index contributed by atoms with van der Waals surface area (Å²) in [5, 5.41) is 8.53. The van der Waals surface area contributed by atoms with Crippen LogP contribution in [0.3, 0.4) is 0 Å². The van der Waals surface area contributed by atoms with E-state index in [0.29, 0.717) is 11.3 Å². The fraction of sp³-hybridized carbons (Fsp3) is 0.0526. The van der Waals surface area contributed by atoms with Crippen LogP contribution in [-0.2, 0) is 4.79 Å². The maximum Gasteiger partial charge on any atom is 0.336 e. The molecule has 0 unspecified atom stereocenters. The minimum Gasteiger partial charge on any atom is -0.493 e. The smallest absolute Gasteiger partial charge is 0.336 e. The van der Waals surface area contributed by atoms with Crippen LogP contribution in [0.4, 0.5) is 4.39 Å². The van der Waals surface area contributed by atoms with Gasteiger partial charge in [0.1, 0.15) is 5.82 Å². The number of carbonyl (C=O) groups is 1. The molecular weight excluding hydrogens is 309 g/mol. The number of nitrogens with zero attached hydrogens (tertiary/aromatic N) is 1. The predicted octanol–water partition coefficient (Wildman–Crippen LogP) is 3.99. The zero-order chi connectivity index (χ0) is 17.4. The van der Waals surface area contributed by atoms with Crippen LogP contribution in [0, 0.1) is 17.1 Å². The molecule has 0 amide bonds. The van der Waals surface area contributed by atoms with Crippen LogP contribution in [0.2, 0.25) is 0 Å². The highest BCUT2D eigenvalue weighted by Gasteiger charge is 2.08. The van der Waals surface area contributed by atoms with Gasteiger partial charge in [0.25, 0.3) is 0 Å². The molecule has 0 spiro atoms. The van der Waals surface area contributed by atoms with Gasteiger partial charge < -0.3 is 9.47 Å². The number of allylic oxidation sites excluding steroid dienone is 1. The number of hydrogen-bond acceptors (Lipinski definition) is 4. The average Bonchev–Trinajstić information content (AvgIpc) is 2.60. The Kier molecular flexibility index (Phi) is 5.87. The molecular formula is C19H14FNO3. The van der Waals surface area contributed by atoms with E-state index in [1.54, 1.807) is 36.4 Å². The Balaban J connectivity index is 2.09. The number of carbonyl (C=O) groups excluding carboxylic acids is 1. The molecule has 0 aliphatic carbocycles. The molecule has 0 N–H and O–H groups in total. The van der Waals surface area contributed by atoms with Gasteiger partial charge in [-0.15, -0.1) is 0 Å². The summed E-state index contributed by atoms with van der Waals surface area (Å²) in [7, 11) is 1.46. The molecule has 2 rings (SSSR count). The van der Waals surface area contributed by atoms with Crippen LogP contribution >= 0.6 is 0 Å². The second kappa shape index (κ2) is 8.30. The number of benzene rings is 2. The number of nitriles is 1. The maximum atomic E-state index is 12.8. The minimum absolute atomic E-state index is 0.264. The van der Waals surface area contributed by atoms with Crippen molar-refractivity contribution >= 4 is 18.1 Å². The molecule has 5 heteroatoms. The third-order valence-electron chi connectivity index (χ3n) is 3.03. The topological polar surface area (TPSA) is 59.3 Å². The van der Waals surface area contributed by atoms with Gasteiger partial charge in [-0.1, -0.05) is 18.2 Å². The summed E-state index contributed by atoms with van der Waals surface area (Å²) in [5.74, 6) is -0.290. The van der Waals surface area contributed by atoms with E-state index in [1.807, 2.05) is 6.07 Å². The maximum absolute atomic E-state index is 12.8. The van der Waals surface area contributed by atoms with Crippen LogP contribution in [0.15, 0.2) is 54.6 Å². The lowest BCUT2D eigenvalue weighted by Crippen LogP contribution is -2.05. The molecule has 120 valence electrons. The Hall–Kier alpha value is -3.39. The van der Waals surface area contributed by atoms with Gasteiger partial charge in [0.2, 0.25) is 0 Å². The van der Waals surface area contributed by atoms with Crippen molar-refractivity contribution in [2.75, 3.05) is 7.11 Å². The molecule has 0 saturated heterocycles. The molecule has 0 bridgehead atoms. The Bertz CT molecular complexity index is 817. The molecule has 0 radical (unpaired) electrons. The highest BCUT2D eigenvalue weighted by molar-refractivity contribution is 5.89. The monoisotopic (exact) mass is 323 g/mol. The fourth-order valence-electron chi connectivity index (χ4n) is 1.89. The molecule has 24 heavy (non-hydrogen) atoms. The molecule has 0 aliphatic rings. The Labute approximate surface area is 139 Å². The van der Waals surface area contributed by atoms with E-state index in [2.05, 4.69) is 0 Å². The molecule has 0 atom stereocenters. The second-order valence-corrected chi connectivity index (χ2v) is 4.68. The van der Waals surface area contributed by atoms with Gasteiger partial charge in [-0.3, -0.25) is 0 Å². The van der Waals surface area contributed by atoms with E-state index < -0.39 is 5.97 Å². The van der Waals surface area contributed by atoms with Crippen molar-refractivity contribution < 1.29 is 18.7 Å². The first kappa shape index (κ1) is 17.0. The van der Waals surface area contributed by atoms with E-state index in [9.17, 15) is 9.18 Å². The standard InChI is InChI=1S/C19H14FNO3/c1-23-18-13-15(3-2-12-21)6-10-17(18)24-19(22)11-7-14-4-8-16(20)9-5-14/h2-11,13H,1H3/b3-2-,11-7+. The molecule has 0 saturated carbocycles. The zero-order valence-corrected chi connectivity index (χ0v) is 12.9. The number of esters is 1. The third kappa shape index (κ3) is 4.82. The SMILES string of the molecule is COc1cc(/C=C\C#N)ccc1OC(=O)/C=C/c1ccc(F)cc1. The van der Waals surface area contributed by atoms with Gasteiger partial charge in [-0.25, -0.2) is 9.18 Å². The summed E-state index contributed by atoms with van der Waals surface area (Å²) in [4.78, 5) is 11.9. The van der Waals surface area contributed by atoms with Gasteiger partial charge in [-0.2, -0.15) is 5.26 Å². The number of methoxy groups -OCH3 is 1. The summed E-state index contributed by atoms with van der Waals surface area (Å²) in [6, 6.07) is 12.5. The van der Waals surface area contributed by atoms with Gasteiger partial charge >= 0.3 is 5.97 Å². The zero-order valence-electron chi connectivity index (χ0n) is 12.9. The van der Waals surface area contributed by atoms with Crippen molar-refractivity contribution in [1.82, 2.24) is 0 Å². The van der Waals surface area contributed by atoms with E-state index in [0.717, 1.165) is 5.56 Å². The number of rotatable bonds is 5. The molecule has 0 heterocycles. The van der Waals surface area contributed by atoms with E-state index in [1.165, 1.54) is 37.5 Å². The highest BCUT2D eigenvalue weighted by Crippen LogP contribution is 2.28. The molecule has 2 aromatic carbocycles. The summed E-state index contributed by atoms with van der Waals surface area (Å²) >= 11 is 0. The molecule has 0 aliphatic heterocycles. The van der Waals surface area contributed by atoms with Crippen molar-refractivity contribution in [3.63, 3.8) is 0 Å². The summed E-state index contributed by atoms with van der Waals surface area (Å²) in [6.45, 7) is 0. The quantitative estimate of drug-likeness (QED) is 0.361. The first-order valence-electron chi connectivity index (χ1n) is 7.02. The van der Waals surface area contributed by atoms with E-state index >= 15 is 0 Å². The Morgan fingerprint density at radius 2 is 1.79 bits per heavy atom. The predicted molar refractivity (Wildman–Crippen MR) is 88.7 cm³/mol. The lowest BCUT2D eigenvalue weighted by Gasteiger charge is -2.08. The average molecular weight is 323 g/mol. The molecule has 0 aromatic heterocycles. The molecule has 4 nitrogen and oxygen atoms in total. The largest absolute Gasteiger partial charge is 0.493 e. The van der Waals surface area contributed by atoms with Crippen molar-refractivity contribution in [3.05, 3.63) is 71.6 Å². The van der Waals surface area contributed by atoms with E-state index in [-0.39, 0.29) is 11.6 Å². The summed E-state index contributed by atoms with van der Waals surface area (Å²) < 4.78 is 23.2. The molecule has 2 aromatic rings. The minimum atomic E-state index is -0.585. The van der Waals surface area contributed by atoms with E-state index in [4.69, 9.17) is 14.7 Å². The first-order chi connectivity index (χ1) is 11.6. The Morgan fingerprint density at radius 1 is 1.08 bits per heavy atom. The van der Waals surface area contributed by atoms with Gasteiger partial charge in [0.05, 0.1) is 13.2 Å². The normalized spacial score (nSPS) is 10.7. The highest BCUT2D eigenvalue weighted by atomic mass is 19.1. The van der Waals surface area contributed by atoms with Gasteiger partial charge in [0.15, 0.2) is 11.5 Å². The lowest BCUT2D eigenvalue weighted by molar-refractivity contribution is -0.129. The lowest BCUT2D eigenvalue weighted by atomic mass is 10.2.